The second kappa shape index (κ2) is 16.1. The summed E-state index contributed by atoms with van der Waals surface area (Å²) in [7, 11) is 0. The summed E-state index contributed by atoms with van der Waals surface area (Å²) < 4.78 is 0. The SMILES string of the molecule is CC(=O)C(=O)C(=O)C(=O)CCCCCCCCCCCCCCCO. The zero-order chi connectivity index (χ0) is 18.9. The molecule has 0 radical (unpaired) electrons. The van der Waals surface area contributed by atoms with Crippen molar-refractivity contribution in [2.24, 2.45) is 0 Å². The summed E-state index contributed by atoms with van der Waals surface area (Å²) >= 11 is 0. The molecule has 0 aliphatic rings. The fourth-order valence-electron chi connectivity index (χ4n) is 2.74. The van der Waals surface area contributed by atoms with Crippen LogP contribution in [0.25, 0.3) is 0 Å². The molecule has 0 aromatic heterocycles. The third-order valence-electron chi connectivity index (χ3n) is 4.34. The number of hydrogen-bond acceptors (Lipinski definition) is 5. The minimum atomic E-state index is -1.20. The monoisotopic (exact) mass is 354 g/mol. The second-order valence-electron chi connectivity index (χ2n) is 6.71. The molecule has 0 heterocycles. The third kappa shape index (κ3) is 13.6. The van der Waals surface area contributed by atoms with Crippen LogP contribution >= 0.6 is 0 Å². The van der Waals surface area contributed by atoms with Gasteiger partial charge in [-0.25, -0.2) is 0 Å². The Balaban J connectivity index is 3.36. The maximum atomic E-state index is 11.5. The van der Waals surface area contributed by atoms with Gasteiger partial charge >= 0.3 is 0 Å². The minimum absolute atomic E-state index is 0.0636. The molecule has 0 bridgehead atoms. The van der Waals surface area contributed by atoms with Crippen LogP contribution in [0.5, 0.6) is 0 Å². The van der Waals surface area contributed by atoms with E-state index in [0.29, 0.717) is 13.0 Å². The lowest BCUT2D eigenvalue weighted by Gasteiger charge is -2.03. The summed E-state index contributed by atoms with van der Waals surface area (Å²) in [5, 5.41) is 8.68. The van der Waals surface area contributed by atoms with E-state index in [2.05, 4.69) is 0 Å². The van der Waals surface area contributed by atoms with Gasteiger partial charge in [0.1, 0.15) is 0 Å². The number of Topliss-reactive ketones (excluding diaryl/α,β-unsaturated/α-hetero) is 4. The predicted molar refractivity (Wildman–Crippen MR) is 97.4 cm³/mol. The van der Waals surface area contributed by atoms with Crippen molar-refractivity contribution >= 4 is 23.1 Å². The maximum absolute atomic E-state index is 11.5. The smallest absolute Gasteiger partial charge is 0.272 e. The van der Waals surface area contributed by atoms with E-state index in [4.69, 9.17) is 5.11 Å². The zero-order valence-electron chi connectivity index (χ0n) is 15.7. The fraction of sp³-hybridized carbons (Fsp3) is 0.800. The van der Waals surface area contributed by atoms with Gasteiger partial charge in [0.15, 0.2) is 0 Å². The third-order valence-corrected chi connectivity index (χ3v) is 4.34. The summed E-state index contributed by atoms with van der Waals surface area (Å²) in [4.78, 5) is 44.7. The molecule has 0 unspecified atom stereocenters. The molecule has 0 saturated heterocycles. The van der Waals surface area contributed by atoms with Gasteiger partial charge < -0.3 is 5.11 Å². The fourth-order valence-corrected chi connectivity index (χ4v) is 2.74. The van der Waals surface area contributed by atoms with E-state index in [-0.39, 0.29) is 6.42 Å². The van der Waals surface area contributed by atoms with Crippen molar-refractivity contribution in [2.75, 3.05) is 6.61 Å². The quantitative estimate of drug-likeness (QED) is 0.230. The van der Waals surface area contributed by atoms with E-state index in [1.54, 1.807) is 0 Å². The van der Waals surface area contributed by atoms with Crippen molar-refractivity contribution < 1.29 is 24.3 Å². The highest BCUT2D eigenvalue weighted by molar-refractivity contribution is 6.77. The van der Waals surface area contributed by atoms with E-state index in [1.807, 2.05) is 0 Å². The number of rotatable bonds is 18. The summed E-state index contributed by atoms with van der Waals surface area (Å²) in [5.41, 5.74) is 0. The molecule has 25 heavy (non-hydrogen) atoms. The Hall–Kier alpha value is -1.36. The lowest BCUT2D eigenvalue weighted by molar-refractivity contribution is -0.147. The molecule has 0 fully saturated rings. The number of ketones is 4. The van der Waals surface area contributed by atoms with E-state index < -0.39 is 23.1 Å². The summed E-state index contributed by atoms with van der Waals surface area (Å²) in [6.07, 6.45) is 14.5. The summed E-state index contributed by atoms with van der Waals surface area (Å²) in [6.45, 7) is 1.31. The van der Waals surface area contributed by atoms with Crippen LogP contribution in [0, 0.1) is 0 Å². The molecule has 0 spiro atoms. The number of carbonyl (C=O) groups excluding carboxylic acids is 4. The van der Waals surface area contributed by atoms with Crippen LogP contribution in [-0.4, -0.2) is 34.8 Å². The molecule has 0 saturated carbocycles. The van der Waals surface area contributed by atoms with Crippen LogP contribution < -0.4 is 0 Å². The van der Waals surface area contributed by atoms with Gasteiger partial charge in [-0.1, -0.05) is 70.6 Å². The minimum Gasteiger partial charge on any atom is -0.396 e. The highest BCUT2D eigenvalue weighted by Crippen LogP contribution is 2.13. The number of aliphatic hydroxyl groups is 1. The van der Waals surface area contributed by atoms with E-state index in [9.17, 15) is 19.2 Å². The summed E-state index contributed by atoms with van der Waals surface area (Å²) in [5.74, 6) is -3.97. The highest BCUT2D eigenvalue weighted by Gasteiger charge is 2.25. The van der Waals surface area contributed by atoms with Crippen LogP contribution in [-0.2, 0) is 19.2 Å². The van der Waals surface area contributed by atoms with Crippen molar-refractivity contribution in [3.8, 4) is 0 Å². The number of hydrogen-bond donors (Lipinski definition) is 1. The van der Waals surface area contributed by atoms with Gasteiger partial charge in [-0.2, -0.15) is 0 Å². The second-order valence-corrected chi connectivity index (χ2v) is 6.71. The normalized spacial score (nSPS) is 10.6. The van der Waals surface area contributed by atoms with E-state index >= 15 is 0 Å². The predicted octanol–water partition coefficient (Wildman–Crippen LogP) is 3.74. The van der Waals surface area contributed by atoms with Crippen molar-refractivity contribution in [1.82, 2.24) is 0 Å². The van der Waals surface area contributed by atoms with Crippen molar-refractivity contribution in [3.63, 3.8) is 0 Å². The molecule has 0 aromatic carbocycles. The number of unbranched alkanes of at least 4 members (excludes halogenated alkanes) is 12. The van der Waals surface area contributed by atoms with Gasteiger partial charge in [0, 0.05) is 20.0 Å². The van der Waals surface area contributed by atoms with Crippen LogP contribution in [0.2, 0.25) is 0 Å². The first kappa shape index (κ1) is 23.6. The maximum Gasteiger partial charge on any atom is 0.272 e. The van der Waals surface area contributed by atoms with Gasteiger partial charge in [-0.3, -0.25) is 19.2 Å². The molecule has 0 atom stereocenters. The van der Waals surface area contributed by atoms with Crippen molar-refractivity contribution in [3.05, 3.63) is 0 Å². The topological polar surface area (TPSA) is 88.5 Å². The first-order chi connectivity index (χ1) is 12.0. The van der Waals surface area contributed by atoms with Crippen LogP contribution in [0.4, 0.5) is 0 Å². The summed E-state index contributed by atoms with van der Waals surface area (Å²) in [6, 6.07) is 0. The average Bonchev–Trinajstić information content (AvgIpc) is 2.60. The zero-order valence-corrected chi connectivity index (χ0v) is 15.7. The lowest BCUT2D eigenvalue weighted by Crippen LogP contribution is -2.28. The van der Waals surface area contributed by atoms with Gasteiger partial charge in [0.2, 0.25) is 11.6 Å². The molecule has 1 N–H and O–H groups in total. The number of aliphatic hydroxyl groups excluding tert-OH is 1. The Kier molecular flexibility index (Phi) is 15.2. The van der Waals surface area contributed by atoms with Gasteiger partial charge in [0.05, 0.1) is 0 Å². The first-order valence-electron chi connectivity index (χ1n) is 9.74. The molecule has 0 aliphatic heterocycles. The Morgan fingerprint density at radius 2 is 0.920 bits per heavy atom. The molecular formula is C20H34O5. The molecule has 0 rings (SSSR count). The molecular weight excluding hydrogens is 320 g/mol. The molecule has 5 heteroatoms. The van der Waals surface area contributed by atoms with E-state index in [0.717, 1.165) is 39.0 Å². The standard InChI is InChI=1S/C20H34O5/c1-17(22)19(24)20(25)18(23)15-13-11-9-7-5-3-2-4-6-8-10-12-14-16-21/h21H,2-16H2,1H3. The van der Waals surface area contributed by atoms with Crippen LogP contribution in [0.15, 0.2) is 0 Å². The highest BCUT2D eigenvalue weighted by atomic mass is 16.3. The van der Waals surface area contributed by atoms with Crippen molar-refractivity contribution in [1.29, 1.82) is 0 Å². The molecule has 0 aliphatic carbocycles. The Bertz CT molecular complexity index is 414. The average molecular weight is 354 g/mol. The van der Waals surface area contributed by atoms with Crippen molar-refractivity contribution in [2.45, 2.75) is 96.8 Å². The lowest BCUT2D eigenvalue weighted by atomic mass is 10.0. The van der Waals surface area contributed by atoms with Gasteiger partial charge in [0.25, 0.3) is 11.6 Å². The Morgan fingerprint density at radius 3 is 1.28 bits per heavy atom. The van der Waals surface area contributed by atoms with Gasteiger partial charge in [-0.05, 0) is 12.8 Å². The van der Waals surface area contributed by atoms with Crippen LogP contribution in [0.3, 0.4) is 0 Å². The molecule has 5 nitrogen and oxygen atoms in total. The Morgan fingerprint density at radius 1 is 0.560 bits per heavy atom. The molecule has 144 valence electrons. The Labute approximate surface area is 151 Å². The largest absolute Gasteiger partial charge is 0.396 e. The molecule has 0 aromatic rings. The van der Waals surface area contributed by atoms with E-state index in [1.165, 1.54) is 44.9 Å². The number of carbonyl (C=O) groups is 4. The van der Waals surface area contributed by atoms with Gasteiger partial charge in [-0.15, -0.1) is 0 Å². The first-order valence-corrected chi connectivity index (χ1v) is 9.74. The van der Waals surface area contributed by atoms with Crippen LogP contribution in [0.1, 0.15) is 96.8 Å². The molecule has 0 amide bonds.